The molecule has 0 aliphatic rings. The molecule has 0 fully saturated rings. The van der Waals surface area contributed by atoms with Crippen molar-refractivity contribution in [2.75, 3.05) is 5.32 Å². The van der Waals surface area contributed by atoms with E-state index < -0.39 is 37.9 Å². The van der Waals surface area contributed by atoms with Crippen molar-refractivity contribution in [3.8, 4) is 0 Å². The minimum absolute atomic E-state index is 0.0231. The summed E-state index contributed by atoms with van der Waals surface area (Å²) in [6.07, 6.45) is -4.54. The number of carbonyl (C=O) groups is 1. The number of hydrogen-bond donors (Lipinski definition) is 1. The van der Waals surface area contributed by atoms with Gasteiger partial charge in [0.2, 0.25) is 0 Å². The predicted molar refractivity (Wildman–Crippen MR) is 79.1 cm³/mol. The molecule has 0 aliphatic carbocycles. The van der Waals surface area contributed by atoms with Crippen molar-refractivity contribution < 1.29 is 39.6 Å². The lowest BCUT2D eigenvalue weighted by atomic mass is 10.2. The zero-order chi connectivity index (χ0) is 19.8. The lowest BCUT2D eigenvalue weighted by Gasteiger charge is -2.10. The van der Waals surface area contributed by atoms with Crippen molar-refractivity contribution in [3.63, 3.8) is 0 Å². The number of carbonyl (C=O) groups excluding carboxylic acids is 1. The number of anilines is 1. The van der Waals surface area contributed by atoms with Crippen LogP contribution in [-0.2, 0) is 16.0 Å². The fourth-order valence-electron chi connectivity index (χ4n) is 1.86. The zero-order valence-corrected chi connectivity index (χ0v) is 13.3. The SMILES string of the molecule is O=C(Nc1ccc(C(F)(F)F)cc1)c1ccc(S(=O)(=O)C(F)(F)F)cc1. The van der Waals surface area contributed by atoms with Crippen LogP contribution >= 0.6 is 0 Å². The molecule has 0 spiro atoms. The second-order valence-corrected chi connectivity index (χ2v) is 6.94. The summed E-state index contributed by atoms with van der Waals surface area (Å²) in [5, 5.41) is 2.25. The highest BCUT2D eigenvalue weighted by atomic mass is 32.2. The summed E-state index contributed by atoms with van der Waals surface area (Å²) < 4.78 is 97.1. The largest absolute Gasteiger partial charge is 0.501 e. The standard InChI is InChI=1S/C15H9F6NO3S/c16-14(17,18)10-3-5-11(6-4-10)22-13(23)9-1-7-12(8-2-9)26(24,25)15(19,20)21/h1-8H,(H,22,23). The molecule has 26 heavy (non-hydrogen) atoms. The van der Waals surface area contributed by atoms with Crippen LogP contribution in [0.5, 0.6) is 0 Å². The Morgan fingerprint density at radius 3 is 1.73 bits per heavy atom. The molecule has 0 aliphatic heterocycles. The number of amides is 1. The third-order valence-electron chi connectivity index (χ3n) is 3.20. The molecule has 1 N–H and O–H groups in total. The second-order valence-electron chi connectivity index (χ2n) is 5.00. The summed E-state index contributed by atoms with van der Waals surface area (Å²) in [7, 11) is -5.53. The van der Waals surface area contributed by atoms with E-state index in [1.165, 1.54) is 0 Å². The first kappa shape index (κ1) is 19.8. The predicted octanol–water partition coefficient (Wildman–Crippen LogP) is 4.25. The lowest BCUT2D eigenvalue weighted by molar-refractivity contribution is -0.137. The van der Waals surface area contributed by atoms with Crippen molar-refractivity contribution in [1.29, 1.82) is 0 Å². The molecule has 2 rings (SSSR count). The molecule has 0 saturated carbocycles. The molecule has 4 nitrogen and oxygen atoms in total. The first-order valence-electron chi connectivity index (χ1n) is 6.72. The van der Waals surface area contributed by atoms with E-state index in [-0.39, 0.29) is 11.3 Å². The number of nitrogens with one attached hydrogen (secondary N) is 1. The molecular weight excluding hydrogens is 388 g/mol. The van der Waals surface area contributed by atoms with Crippen molar-refractivity contribution >= 4 is 21.4 Å². The third-order valence-corrected chi connectivity index (χ3v) is 4.70. The van der Waals surface area contributed by atoms with Crippen LogP contribution in [0.1, 0.15) is 15.9 Å². The van der Waals surface area contributed by atoms with Gasteiger partial charge >= 0.3 is 11.7 Å². The van der Waals surface area contributed by atoms with Crippen LogP contribution in [0.15, 0.2) is 53.4 Å². The van der Waals surface area contributed by atoms with Gasteiger partial charge in [-0.3, -0.25) is 4.79 Å². The van der Waals surface area contributed by atoms with Crippen LogP contribution < -0.4 is 5.32 Å². The van der Waals surface area contributed by atoms with Crippen molar-refractivity contribution in [2.45, 2.75) is 16.6 Å². The minimum atomic E-state index is -5.53. The lowest BCUT2D eigenvalue weighted by Crippen LogP contribution is -2.23. The molecule has 0 unspecified atom stereocenters. The van der Waals surface area contributed by atoms with Crippen LogP contribution in [0.4, 0.5) is 32.0 Å². The molecule has 0 atom stereocenters. The molecule has 1 amide bonds. The van der Waals surface area contributed by atoms with Gasteiger partial charge in [-0.15, -0.1) is 0 Å². The third kappa shape index (κ3) is 4.15. The summed E-state index contributed by atoms with van der Waals surface area (Å²) in [5.41, 5.74) is -6.55. The molecule has 11 heteroatoms. The number of rotatable bonds is 3. The topological polar surface area (TPSA) is 63.2 Å². The van der Waals surface area contributed by atoms with E-state index in [1.54, 1.807) is 0 Å². The molecule has 2 aromatic carbocycles. The number of halogens is 6. The van der Waals surface area contributed by atoms with E-state index in [9.17, 15) is 39.6 Å². The van der Waals surface area contributed by atoms with Gasteiger partial charge in [0.1, 0.15) is 0 Å². The van der Waals surface area contributed by atoms with Crippen LogP contribution in [0, 0.1) is 0 Å². The van der Waals surface area contributed by atoms with Crippen LogP contribution in [0.25, 0.3) is 0 Å². The highest BCUT2D eigenvalue weighted by Crippen LogP contribution is 2.31. The normalized spacial score (nSPS) is 12.7. The Bertz CT molecular complexity index is 900. The first-order chi connectivity index (χ1) is 11.8. The number of benzene rings is 2. The van der Waals surface area contributed by atoms with E-state index in [1.807, 2.05) is 0 Å². The molecule has 0 heterocycles. The molecule has 0 bridgehead atoms. The van der Waals surface area contributed by atoms with Crippen molar-refractivity contribution in [2.24, 2.45) is 0 Å². The molecule has 0 aromatic heterocycles. The maximum absolute atomic E-state index is 12.4. The number of sulfone groups is 1. The van der Waals surface area contributed by atoms with E-state index >= 15 is 0 Å². The Morgan fingerprint density at radius 1 is 0.808 bits per heavy atom. The summed E-state index contributed by atoms with van der Waals surface area (Å²) in [5.74, 6) is -0.833. The van der Waals surface area contributed by atoms with E-state index in [2.05, 4.69) is 5.32 Å². The van der Waals surface area contributed by atoms with Gasteiger partial charge in [-0.25, -0.2) is 8.42 Å². The van der Waals surface area contributed by atoms with E-state index in [4.69, 9.17) is 0 Å². The Morgan fingerprint density at radius 2 is 1.31 bits per heavy atom. The second kappa shape index (κ2) is 6.63. The average Bonchev–Trinajstić information content (AvgIpc) is 2.53. The number of alkyl halides is 6. The molecule has 140 valence electrons. The van der Waals surface area contributed by atoms with Gasteiger partial charge in [0.25, 0.3) is 15.7 Å². The zero-order valence-electron chi connectivity index (χ0n) is 12.5. The average molecular weight is 397 g/mol. The quantitative estimate of drug-likeness (QED) is 0.788. The number of hydrogen-bond acceptors (Lipinski definition) is 3. The van der Waals surface area contributed by atoms with Crippen LogP contribution in [0.2, 0.25) is 0 Å². The van der Waals surface area contributed by atoms with Gasteiger partial charge in [-0.1, -0.05) is 0 Å². The first-order valence-corrected chi connectivity index (χ1v) is 8.21. The van der Waals surface area contributed by atoms with Gasteiger partial charge in [0, 0.05) is 11.3 Å². The Balaban J connectivity index is 2.16. The van der Waals surface area contributed by atoms with Gasteiger partial charge in [-0.05, 0) is 48.5 Å². The van der Waals surface area contributed by atoms with Gasteiger partial charge in [0.15, 0.2) is 0 Å². The summed E-state index contributed by atoms with van der Waals surface area (Å²) in [6, 6.07) is 6.45. The fraction of sp³-hybridized carbons (Fsp3) is 0.133. The van der Waals surface area contributed by atoms with E-state index in [0.29, 0.717) is 12.1 Å². The summed E-state index contributed by atoms with van der Waals surface area (Å²) in [4.78, 5) is 10.9. The summed E-state index contributed by atoms with van der Waals surface area (Å²) in [6.45, 7) is 0. The highest BCUT2D eigenvalue weighted by molar-refractivity contribution is 7.92. The van der Waals surface area contributed by atoms with Gasteiger partial charge in [0.05, 0.1) is 10.5 Å². The Hall–Kier alpha value is -2.56. The van der Waals surface area contributed by atoms with Crippen LogP contribution in [0.3, 0.4) is 0 Å². The maximum Gasteiger partial charge on any atom is 0.501 e. The Kier molecular flexibility index (Phi) is 5.04. The monoisotopic (exact) mass is 397 g/mol. The molecule has 0 radical (unpaired) electrons. The van der Waals surface area contributed by atoms with Crippen molar-refractivity contribution in [1.82, 2.24) is 0 Å². The van der Waals surface area contributed by atoms with Crippen molar-refractivity contribution in [3.05, 3.63) is 59.7 Å². The molecule has 2 aromatic rings. The minimum Gasteiger partial charge on any atom is -0.322 e. The molecule has 0 saturated heterocycles. The van der Waals surface area contributed by atoms with Crippen LogP contribution in [-0.4, -0.2) is 19.8 Å². The smallest absolute Gasteiger partial charge is 0.322 e. The van der Waals surface area contributed by atoms with E-state index in [0.717, 1.165) is 36.4 Å². The summed E-state index contributed by atoms with van der Waals surface area (Å²) >= 11 is 0. The van der Waals surface area contributed by atoms with Gasteiger partial charge < -0.3 is 5.32 Å². The van der Waals surface area contributed by atoms with Gasteiger partial charge in [-0.2, -0.15) is 26.3 Å². The fourth-order valence-corrected chi connectivity index (χ4v) is 2.63. The highest BCUT2D eigenvalue weighted by Gasteiger charge is 2.46. The maximum atomic E-state index is 12.4. The molecular formula is C15H9F6NO3S. The Labute approximate surface area is 143 Å².